The second-order valence-corrected chi connectivity index (χ2v) is 7.37. The third-order valence-corrected chi connectivity index (χ3v) is 5.69. The van der Waals surface area contributed by atoms with Crippen molar-refractivity contribution in [3.8, 4) is 0 Å². The Morgan fingerprint density at radius 3 is 2.88 bits per heavy atom. The second-order valence-electron chi connectivity index (χ2n) is 3.27. The van der Waals surface area contributed by atoms with Crippen LogP contribution in [0.2, 0.25) is 5.02 Å². The van der Waals surface area contributed by atoms with Gasteiger partial charge in [0.25, 0.3) is 0 Å². The van der Waals surface area contributed by atoms with Crippen molar-refractivity contribution in [2.75, 3.05) is 6.54 Å². The molecule has 0 aromatic carbocycles. The van der Waals surface area contributed by atoms with Gasteiger partial charge in [-0.15, -0.1) is 11.3 Å². The summed E-state index contributed by atoms with van der Waals surface area (Å²) in [7, 11) is 0. The normalized spacial score (nSPS) is 12.6. The number of halogens is 2. The van der Waals surface area contributed by atoms with Crippen LogP contribution in [0.1, 0.15) is 10.1 Å². The molecule has 1 unspecified atom stereocenters. The number of thioether (sulfide) groups is 1. The minimum atomic E-state index is 0.193. The van der Waals surface area contributed by atoms with E-state index in [1.165, 1.54) is 4.88 Å². The van der Waals surface area contributed by atoms with Crippen LogP contribution in [0.4, 0.5) is 0 Å². The van der Waals surface area contributed by atoms with Crippen molar-refractivity contribution in [1.82, 2.24) is 4.98 Å². The maximum Gasteiger partial charge on any atom is 0.115 e. The number of hydrogen-bond donors (Lipinski definition) is 1. The van der Waals surface area contributed by atoms with Gasteiger partial charge in [0.2, 0.25) is 0 Å². The lowest BCUT2D eigenvalue weighted by Gasteiger charge is -2.12. The molecule has 2 rings (SSSR count). The number of nitrogens with zero attached hydrogens (tertiary/aromatic N) is 1. The summed E-state index contributed by atoms with van der Waals surface area (Å²) in [5.41, 5.74) is 5.81. The van der Waals surface area contributed by atoms with Gasteiger partial charge in [0, 0.05) is 17.6 Å². The summed E-state index contributed by atoms with van der Waals surface area (Å²) in [6, 6.07) is 7.78. The molecule has 0 saturated carbocycles. The third kappa shape index (κ3) is 3.45. The Hall–Kier alpha value is -0.0700. The van der Waals surface area contributed by atoms with Crippen molar-refractivity contribution in [3.05, 3.63) is 44.1 Å². The molecule has 0 radical (unpaired) electrons. The van der Waals surface area contributed by atoms with Crippen molar-refractivity contribution in [2.24, 2.45) is 5.73 Å². The van der Waals surface area contributed by atoms with Gasteiger partial charge in [-0.05, 0) is 40.2 Å². The van der Waals surface area contributed by atoms with Crippen molar-refractivity contribution < 1.29 is 0 Å². The first-order valence-electron chi connectivity index (χ1n) is 4.93. The van der Waals surface area contributed by atoms with E-state index in [0.717, 1.165) is 8.81 Å². The predicted molar refractivity (Wildman–Crippen MR) is 78.9 cm³/mol. The van der Waals surface area contributed by atoms with Crippen molar-refractivity contribution in [2.45, 2.75) is 10.3 Å². The molecule has 2 aromatic heterocycles. The molecular weight excluding hydrogens is 340 g/mol. The van der Waals surface area contributed by atoms with Gasteiger partial charge in [-0.25, -0.2) is 4.98 Å². The highest BCUT2D eigenvalue weighted by Gasteiger charge is 2.15. The summed E-state index contributed by atoms with van der Waals surface area (Å²) in [5.74, 6) is 0. The van der Waals surface area contributed by atoms with E-state index in [2.05, 4.69) is 27.0 Å². The third-order valence-electron chi connectivity index (χ3n) is 2.10. The Kier molecular flexibility index (Phi) is 4.87. The first-order valence-corrected chi connectivity index (χ1v) is 7.80. The number of pyridine rings is 1. The molecule has 0 saturated heterocycles. The standard InChI is InChI=1S/C11H10BrClN2S2/c12-10-4-3-8(16-10)9(6-14)17-11-7(13)2-1-5-15-11/h1-5,9H,6,14H2. The van der Waals surface area contributed by atoms with Crippen LogP contribution in [0.25, 0.3) is 0 Å². The zero-order valence-electron chi connectivity index (χ0n) is 8.77. The summed E-state index contributed by atoms with van der Waals surface area (Å²) >= 11 is 12.8. The molecule has 2 aromatic rings. The van der Waals surface area contributed by atoms with E-state index in [1.807, 2.05) is 18.2 Å². The summed E-state index contributed by atoms with van der Waals surface area (Å²) in [5, 5.41) is 1.69. The molecule has 0 spiro atoms. The molecule has 0 aliphatic rings. The van der Waals surface area contributed by atoms with Crippen LogP contribution in [-0.4, -0.2) is 11.5 Å². The lowest BCUT2D eigenvalue weighted by atomic mass is 10.3. The summed E-state index contributed by atoms with van der Waals surface area (Å²) in [6.45, 7) is 0.560. The highest BCUT2D eigenvalue weighted by atomic mass is 79.9. The smallest absolute Gasteiger partial charge is 0.115 e. The first kappa shape index (κ1) is 13.4. The molecular formula is C11H10BrClN2S2. The van der Waals surface area contributed by atoms with Gasteiger partial charge in [-0.2, -0.15) is 0 Å². The van der Waals surface area contributed by atoms with Crippen LogP contribution in [0.3, 0.4) is 0 Å². The van der Waals surface area contributed by atoms with Crippen LogP contribution >= 0.6 is 50.6 Å². The largest absolute Gasteiger partial charge is 0.329 e. The second kappa shape index (κ2) is 6.20. The molecule has 2 N–H and O–H groups in total. The van der Waals surface area contributed by atoms with Crippen molar-refractivity contribution in [1.29, 1.82) is 0 Å². The Morgan fingerprint density at radius 1 is 1.47 bits per heavy atom. The Balaban J connectivity index is 2.18. The topological polar surface area (TPSA) is 38.9 Å². The highest BCUT2D eigenvalue weighted by Crippen LogP contribution is 2.40. The number of aromatic nitrogens is 1. The van der Waals surface area contributed by atoms with Gasteiger partial charge < -0.3 is 5.73 Å². The summed E-state index contributed by atoms with van der Waals surface area (Å²) in [4.78, 5) is 5.49. The minimum Gasteiger partial charge on any atom is -0.329 e. The molecule has 0 aliphatic heterocycles. The molecule has 0 fully saturated rings. The van der Waals surface area contributed by atoms with E-state index in [4.69, 9.17) is 17.3 Å². The van der Waals surface area contributed by atoms with Crippen LogP contribution in [0.15, 0.2) is 39.3 Å². The van der Waals surface area contributed by atoms with Crippen LogP contribution < -0.4 is 5.73 Å². The summed E-state index contributed by atoms with van der Waals surface area (Å²) in [6.07, 6.45) is 1.74. The molecule has 0 bridgehead atoms. The van der Waals surface area contributed by atoms with Crippen molar-refractivity contribution >= 4 is 50.6 Å². The van der Waals surface area contributed by atoms with Crippen LogP contribution in [0, 0.1) is 0 Å². The van der Waals surface area contributed by atoms with E-state index < -0.39 is 0 Å². The van der Waals surface area contributed by atoms with E-state index >= 15 is 0 Å². The van der Waals surface area contributed by atoms with Gasteiger partial charge in [0.15, 0.2) is 0 Å². The number of rotatable bonds is 4. The molecule has 2 heterocycles. The van der Waals surface area contributed by atoms with Gasteiger partial charge in [0.05, 0.1) is 14.1 Å². The summed E-state index contributed by atoms with van der Waals surface area (Å²) < 4.78 is 1.11. The predicted octanol–water partition coefficient (Wildman–Crippen LogP) is 4.35. The van der Waals surface area contributed by atoms with E-state index in [0.29, 0.717) is 11.6 Å². The zero-order valence-corrected chi connectivity index (χ0v) is 12.7. The fourth-order valence-electron chi connectivity index (χ4n) is 1.32. The quantitative estimate of drug-likeness (QED) is 0.834. The monoisotopic (exact) mass is 348 g/mol. The number of hydrogen-bond acceptors (Lipinski definition) is 4. The van der Waals surface area contributed by atoms with Gasteiger partial charge in [-0.3, -0.25) is 0 Å². The van der Waals surface area contributed by atoms with E-state index in [-0.39, 0.29) is 5.25 Å². The zero-order chi connectivity index (χ0) is 12.3. The molecule has 17 heavy (non-hydrogen) atoms. The SMILES string of the molecule is NCC(Sc1ncccc1Cl)c1ccc(Br)s1. The lowest BCUT2D eigenvalue weighted by molar-refractivity contribution is 0.953. The van der Waals surface area contributed by atoms with Gasteiger partial charge in [0.1, 0.15) is 5.03 Å². The lowest BCUT2D eigenvalue weighted by Crippen LogP contribution is -2.08. The Bertz CT molecular complexity index is 504. The van der Waals surface area contributed by atoms with Gasteiger partial charge >= 0.3 is 0 Å². The Labute approximate surface area is 122 Å². The molecule has 1 atom stereocenters. The molecule has 90 valence electrons. The molecule has 0 amide bonds. The average molecular weight is 350 g/mol. The minimum absolute atomic E-state index is 0.193. The maximum absolute atomic E-state index is 6.09. The van der Waals surface area contributed by atoms with Crippen LogP contribution in [-0.2, 0) is 0 Å². The average Bonchev–Trinajstić information content (AvgIpc) is 2.75. The number of thiophene rings is 1. The first-order chi connectivity index (χ1) is 8.20. The fraction of sp³-hybridized carbons (Fsp3) is 0.182. The number of nitrogens with two attached hydrogens (primary N) is 1. The Morgan fingerprint density at radius 2 is 2.29 bits per heavy atom. The van der Waals surface area contributed by atoms with Crippen molar-refractivity contribution in [3.63, 3.8) is 0 Å². The fourth-order valence-corrected chi connectivity index (χ4v) is 4.14. The molecule has 0 aliphatic carbocycles. The van der Waals surface area contributed by atoms with Gasteiger partial charge in [-0.1, -0.05) is 23.4 Å². The molecule has 2 nitrogen and oxygen atoms in total. The molecule has 6 heteroatoms. The van der Waals surface area contributed by atoms with Crippen LogP contribution in [0.5, 0.6) is 0 Å². The van der Waals surface area contributed by atoms with E-state index in [1.54, 1.807) is 29.3 Å². The maximum atomic E-state index is 6.09. The highest BCUT2D eigenvalue weighted by molar-refractivity contribution is 9.11. The van der Waals surface area contributed by atoms with E-state index in [9.17, 15) is 0 Å².